The molecule has 0 amide bonds. The van der Waals surface area contributed by atoms with Crippen LogP contribution in [-0.2, 0) is 4.79 Å². The van der Waals surface area contributed by atoms with E-state index in [1.54, 1.807) is 0 Å². The van der Waals surface area contributed by atoms with Gasteiger partial charge in [-0.05, 0) is 37.5 Å². The molecule has 0 spiro atoms. The van der Waals surface area contributed by atoms with E-state index in [2.05, 4.69) is 0 Å². The van der Waals surface area contributed by atoms with Crippen LogP contribution >= 0.6 is 0 Å². The Morgan fingerprint density at radius 2 is 2.36 bits per heavy atom. The van der Waals surface area contributed by atoms with E-state index in [4.69, 9.17) is 5.11 Å². The first-order valence-electron chi connectivity index (χ1n) is 4.20. The summed E-state index contributed by atoms with van der Waals surface area (Å²) in [5.41, 5.74) is 0.679. The third-order valence-electron chi connectivity index (χ3n) is 2.90. The van der Waals surface area contributed by atoms with E-state index >= 15 is 0 Å². The Hall–Kier alpha value is -0.790. The lowest BCUT2D eigenvalue weighted by atomic mass is 9.89. The van der Waals surface area contributed by atoms with E-state index in [0.717, 1.165) is 25.2 Å². The van der Waals surface area contributed by atoms with E-state index in [-0.39, 0.29) is 0 Å². The van der Waals surface area contributed by atoms with E-state index in [9.17, 15) is 4.79 Å². The average molecular weight is 152 g/mol. The Bertz CT molecular complexity index is 218. The molecule has 2 atom stereocenters. The maximum atomic E-state index is 10.7. The SMILES string of the molecule is O=C(O)C1=CC[C@@H]2CCC1C2. The number of fused-ring (bicyclic) bond motifs is 2. The molecule has 0 saturated heterocycles. The molecule has 0 aromatic rings. The number of carboxylic acids is 1. The summed E-state index contributed by atoms with van der Waals surface area (Å²) in [4.78, 5) is 10.7. The molecule has 2 bridgehead atoms. The molecule has 60 valence electrons. The predicted molar refractivity (Wildman–Crippen MR) is 41.2 cm³/mol. The number of allylic oxidation sites excluding steroid dienone is 1. The van der Waals surface area contributed by atoms with Gasteiger partial charge in [-0.1, -0.05) is 6.08 Å². The molecule has 2 aliphatic carbocycles. The Kier molecular flexibility index (Phi) is 1.48. The van der Waals surface area contributed by atoms with Crippen LogP contribution in [0.15, 0.2) is 11.6 Å². The second-order valence-corrected chi connectivity index (χ2v) is 3.58. The molecule has 0 heterocycles. The summed E-state index contributed by atoms with van der Waals surface area (Å²) in [5.74, 6) is 0.477. The van der Waals surface area contributed by atoms with Crippen molar-refractivity contribution in [3.8, 4) is 0 Å². The van der Waals surface area contributed by atoms with Gasteiger partial charge in [0.1, 0.15) is 0 Å². The smallest absolute Gasteiger partial charge is 0.331 e. The quantitative estimate of drug-likeness (QED) is 0.622. The number of carboxylic acid groups (broad SMARTS) is 1. The van der Waals surface area contributed by atoms with Crippen molar-refractivity contribution in [2.45, 2.75) is 25.7 Å². The fourth-order valence-electron chi connectivity index (χ4n) is 2.29. The van der Waals surface area contributed by atoms with Crippen LogP contribution in [0.2, 0.25) is 0 Å². The van der Waals surface area contributed by atoms with Crippen LogP contribution in [0.4, 0.5) is 0 Å². The summed E-state index contributed by atoms with van der Waals surface area (Å²) in [6.45, 7) is 0. The summed E-state index contributed by atoms with van der Waals surface area (Å²) in [6.07, 6.45) is 6.38. The van der Waals surface area contributed by atoms with Gasteiger partial charge < -0.3 is 5.11 Å². The molecule has 0 radical (unpaired) electrons. The highest BCUT2D eigenvalue weighted by Crippen LogP contribution is 2.41. The number of carbonyl (C=O) groups is 1. The second-order valence-electron chi connectivity index (χ2n) is 3.58. The summed E-state index contributed by atoms with van der Waals surface area (Å²) in [7, 11) is 0. The summed E-state index contributed by atoms with van der Waals surface area (Å²) < 4.78 is 0. The normalized spacial score (nSPS) is 35.1. The molecule has 0 aromatic heterocycles. The Balaban J connectivity index is 2.21. The van der Waals surface area contributed by atoms with Gasteiger partial charge >= 0.3 is 5.97 Å². The Morgan fingerprint density at radius 1 is 1.55 bits per heavy atom. The highest BCUT2D eigenvalue weighted by Gasteiger charge is 2.33. The minimum Gasteiger partial charge on any atom is -0.478 e. The standard InChI is InChI=1S/C9H12O2/c10-9(11)8-4-2-6-1-3-7(8)5-6/h4,6-7H,1-3,5H2,(H,10,11)/t6-,7?/m0/s1. The molecule has 1 unspecified atom stereocenters. The minimum absolute atomic E-state index is 0.381. The number of hydrogen-bond acceptors (Lipinski definition) is 1. The first-order valence-corrected chi connectivity index (χ1v) is 4.20. The van der Waals surface area contributed by atoms with Gasteiger partial charge in [-0.25, -0.2) is 4.79 Å². The monoisotopic (exact) mass is 152 g/mol. The summed E-state index contributed by atoms with van der Waals surface area (Å²) in [6, 6.07) is 0. The third-order valence-corrected chi connectivity index (χ3v) is 2.90. The molecule has 2 nitrogen and oxygen atoms in total. The van der Waals surface area contributed by atoms with Crippen molar-refractivity contribution in [2.24, 2.45) is 11.8 Å². The highest BCUT2D eigenvalue weighted by molar-refractivity contribution is 5.87. The molecule has 11 heavy (non-hydrogen) atoms. The van der Waals surface area contributed by atoms with Crippen LogP contribution < -0.4 is 0 Å². The van der Waals surface area contributed by atoms with Gasteiger partial charge in [0.2, 0.25) is 0 Å². The van der Waals surface area contributed by atoms with Crippen molar-refractivity contribution in [1.29, 1.82) is 0 Å². The van der Waals surface area contributed by atoms with Crippen molar-refractivity contribution >= 4 is 5.97 Å². The molecule has 0 aromatic carbocycles. The molecule has 0 aliphatic heterocycles. The fourth-order valence-corrected chi connectivity index (χ4v) is 2.29. The van der Waals surface area contributed by atoms with Crippen molar-refractivity contribution in [3.63, 3.8) is 0 Å². The zero-order chi connectivity index (χ0) is 7.84. The molecule has 1 fully saturated rings. The molecule has 2 aliphatic rings. The zero-order valence-electron chi connectivity index (χ0n) is 6.42. The average Bonchev–Trinajstić information content (AvgIpc) is 2.32. The number of aliphatic carboxylic acids is 1. The second kappa shape index (κ2) is 2.36. The molecule has 1 N–H and O–H groups in total. The summed E-state index contributed by atoms with van der Waals surface area (Å²) in [5, 5.41) is 8.79. The van der Waals surface area contributed by atoms with E-state index in [1.165, 1.54) is 6.42 Å². The summed E-state index contributed by atoms with van der Waals surface area (Å²) >= 11 is 0. The predicted octanol–water partition coefficient (Wildman–Crippen LogP) is 1.82. The van der Waals surface area contributed by atoms with E-state index in [1.807, 2.05) is 6.08 Å². The molecular formula is C9H12O2. The Labute approximate surface area is 65.9 Å². The topological polar surface area (TPSA) is 37.3 Å². The van der Waals surface area contributed by atoms with Gasteiger partial charge in [-0.2, -0.15) is 0 Å². The van der Waals surface area contributed by atoms with Crippen LogP contribution in [0.1, 0.15) is 25.7 Å². The van der Waals surface area contributed by atoms with Crippen molar-refractivity contribution in [1.82, 2.24) is 0 Å². The molecule has 1 saturated carbocycles. The van der Waals surface area contributed by atoms with Crippen LogP contribution in [0.3, 0.4) is 0 Å². The lowest BCUT2D eigenvalue weighted by Crippen LogP contribution is -2.13. The van der Waals surface area contributed by atoms with Gasteiger partial charge in [-0.3, -0.25) is 0 Å². The third kappa shape index (κ3) is 1.06. The van der Waals surface area contributed by atoms with Gasteiger partial charge in [0.15, 0.2) is 0 Å². The largest absolute Gasteiger partial charge is 0.478 e. The molecular weight excluding hydrogens is 140 g/mol. The minimum atomic E-state index is -0.699. The first-order chi connectivity index (χ1) is 5.27. The van der Waals surface area contributed by atoms with Crippen LogP contribution in [0.25, 0.3) is 0 Å². The van der Waals surface area contributed by atoms with Crippen LogP contribution in [-0.4, -0.2) is 11.1 Å². The number of rotatable bonds is 1. The number of hydrogen-bond donors (Lipinski definition) is 1. The van der Waals surface area contributed by atoms with Gasteiger partial charge in [0.25, 0.3) is 0 Å². The van der Waals surface area contributed by atoms with Crippen molar-refractivity contribution < 1.29 is 9.90 Å². The lowest BCUT2D eigenvalue weighted by Gasteiger charge is -2.16. The van der Waals surface area contributed by atoms with E-state index < -0.39 is 5.97 Å². The zero-order valence-corrected chi connectivity index (χ0v) is 6.42. The van der Waals surface area contributed by atoms with Crippen molar-refractivity contribution in [2.75, 3.05) is 0 Å². The van der Waals surface area contributed by atoms with Crippen LogP contribution in [0, 0.1) is 11.8 Å². The molecule has 2 heteroatoms. The first kappa shape index (κ1) is 6.89. The van der Waals surface area contributed by atoms with Gasteiger partial charge in [-0.15, -0.1) is 0 Å². The van der Waals surface area contributed by atoms with Gasteiger partial charge in [0, 0.05) is 5.57 Å². The highest BCUT2D eigenvalue weighted by atomic mass is 16.4. The lowest BCUT2D eigenvalue weighted by molar-refractivity contribution is -0.133. The maximum absolute atomic E-state index is 10.7. The van der Waals surface area contributed by atoms with Crippen LogP contribution in [0.5, 0.6) is 0 Å². The van der Waals surface area contributed by atoms with Crippen molar-refractivity contribution in [3.05, 3.63) is 11.6 Å². The maximum Gasteiger partial charge on any atom is 0.331 e. The fraction of sp³-hybridized carbons (Fsp3) is 0.667. The van der Waals surface area contributed by atoms with Gasteiger partial charge in [0.05, 0.1) is 0 Å². The molecule has 2 rings (SSSR count). The van der Waals surface area contributed by atoms with E-state index in [0.29, 0.717) is 11.5 Å². The Morgan fingerprint density at radius 3 is 3.09 bits per heavy atom.